The first kappa shape index (κ1) is 33.3. The highest BCUT2D eigenvalue weighted by molar-refractivity contribution is 6.18. The Balaban J connectivity index is 1.08. The van der Waals surface area contributed by atoms with Crippen LogP contribution in [0.4, 0.5) is 0 Å². The quantitative estimate of drug-likeness (QED) is 0.126. The highest BCUT2D eigenvalue weighted by Crippen LogP contribution is 2.36. The molecule has 0 spiro atoms. The van der Waals surface area contributed by atoms with Crippen molar-refractivity contribution in [1.29, 1.82) is 5.41 Å². The number of nitrogens with zero attached hydrogens (tertiary/aromatic N) is 3. The van der Waals surface area contributed by atoms with Gasteiger partial charge in [-0.25, -0.2) is 15.0 Å². The molecule has 9 aromatic rings. The summed E-state index contributed by atoms with van der Waals surface area (Å²) in [6.45, 7) is 0. The fourth-order valence-corrected chi connectivity index (χ4v) is 6.80. The Morgan fingerprint density at radius 1 is 0.509 bits per heavy atom. The summed E-state index contributed by atoms with van der Waals surface area (Å²) in [6.07, 6.45) is 4.03. The van der Waals surface area contributed by atoms with Gasteiger partial charge in [-0.15, -0.1) is 0 Å². The Hall–Kier alpha value is -7.50. The molecular weight excluding hydrogens is 673 g/mol. The lowest BCUT2D eigenvalue weighted by molar-refractivity contribution is 0.667. The Labute approximate surface area is 319 Å². The van der Waals surface area contributed by atoms with Crippen LogP contribution in [0.5, 0.6) is 0 Å². The largest absolute Gasteiger partial charge is 0.452 e. The lowest BCUT2D eigenvalue weighted by Crippen LogP contribution is -2.04. The molecule has 0 unspecified atom stereocenters. The van der Waals surface area contributed by atoms with Crippen LogP contribution >= 0.6 is 0 Å². The minimum Gasteiger partial charge on any atom is -0.452 e. The molecule has 5 nitrogen and oxygen atoms in total. The number of hydrogen-bond donors (Lipinski definition) is 1. The van der Waals surface area contributed by atoms with Crippen LogP contribution in [0.25, 0.3) is 73.0 Å². The van der Waals surface area contributed by atoms with E-state index in [-0.39, 0.29) is 5.84 Å². The molecule has 0 amide bonds. The molecular formula is C50H34N4O. The van der Waals surface area contributed by atoms with Crippen LogP contribution in [0.1, 0.15) is 16.7 Å². The molecule has 5 heteroatoms. The van der Waals surface area contributed by atoms with Gasteiger partial charge in [0, 0.05) is 27.6 Å². The molecule has 0 bridgehead atoms. The van der Waals surface area contributed by atoms with E-state index in [2.05, 4.69) is 84.9 Å². The minimum atomic E-state index is 0.209. The number of aliphatic imine (C=N–C) groups is 1. The summed E-state index contributed by atoms with van der Waals surface area (Å²) in [7, 11) is 0. The van der Waals surface area contributed by atoms with E-state index in [4.69, 9.17) is 24.8 Å². The van der Waals surface area contributed by atoms with Crippen molar-refractivity contribution in [1.82, 2.24) is 9.97 Å². The SMILES string of the molecule is N=C(/N=C(\C=C\c1ccccc1)c1cccc(-c2cccc(-c3cccc(-c4nc(-c5ccccc5)c5oc6ccccc6c5n4)c3)c2)c1)c1ccccc1. The van der Waals surface area contributed by atoms with Gasteiger partial charge in [0.05, 0.1) is 5.71 Å². The predicted octanol–water partition coefficient (Wildman–Crippen LogP) is 12.6. The molecule has 0 saturated carbocycles. The maximum atomic E-state index is 8.80. The maximum Gasteiger partial charge on any atom is 0.180 e. The van der Waals surface area contributed by atoms with E-state index in [0.717, 1.165) is 72.3 Å². The second kappa shape index (κ2) is 14.9. The molecule has 7 aromatic carbocycles. The summed E-state index contributed by atoms with van der Waals surface area (Å²) in [5.41, 5.74) is 12.6. The minimum absolute atomic E-state index is 0.209. The number of allylic oxidation sites excluding steroid dienone is 1. The third-order valence-corrected chi connectivity index (χ3v) is 9.59. The summed E-state index contributed by atoms with van der Waals surface area (Å²) >= 11 is 0. The first-order chi connectivity index (χ1) is 27.2. The predicted molar refractivity (Wildman–Crippen MR) is 226 cm³/mol. The molecule has 0 aliphatic heterocycles. The van der Waals surface area contributed by atoms with Crippen LogP contribution in [0.3, 0.4) is 0 Å². The Morgan fingerprint density at radius 3 is 1.78 bits per heavy atom. The molecule has 2 aromatic heterocycles. The molecule has 260 valence electrons. The second-order valence-electron chi connectivity index (χ2n) is 13.2. The molecule has 0 atom stereocenters. The van der Waals surface area contributed by atoms with Crippen molar-refractivity contribution in [2.24, 2.45) is 4.99 Å². The van der Waals surface area contributed by atoms with Crippen molar-refractivity contribution < 1.29 is 4.42 Å². The molecule has 9 rings (SSSR count). The normalized spacial score (nSPS) is 11.7. The van der Waals surface area contributed by atoms with Crippen molar-refractivity contribution in [3.63, 3.8) is 0 Å². The van der Waals surface area contributed by atoms with E-state index < -0.39 is 0 Å². The summed E-state index contributed by atoms with van der Waals surface area (Å²) in [6, 6.07) is 63.2. The van der Waals surface area contributed by atoms with Gasteiger partial charge >= 0.3 is 0 Å². The van der Waals surface area contributed by atoms with Gasteiger partial charge in [-0.2, -0.15) is 0 Å². The fourth-order valence-electron chi connectivity index (χ4n) is 6.80. The number of hydrogen-bond acceptors (Lipinski definition) is 4. The first-order valence-electron chi connectivity index (χ1n) is 18.2. The van der Waals surface area contributed by atoms with Crippen LogP contribution < -0.4 is 0 Å². The summed E-state index contributed by atoms with van der Waals surface area (Å²) in [5, 5.41) is 9.76. The maximum absolute atomic E-state index is 8.80. The van der Waals surface area contributed by atoms with Gasteiger partial charge in [0.1, 0.15) is 16.8 Å². The number of aromatic nitrogens is 2. The van der Waals surface area contributed by atoms with Crippen LogP contribution in [0.15, 0.2) is 204 Å². The van der Waals surface area contributed by atoms with Gasteiger partial charge in [0.25, 0.3) is 0 Å². The van der Waals surface area contributed by atoms with E-state index in [1.165, 1.54) is 0 Å². The lowest BCUT2D eigenvalue weighted by Gasteiger charge is -2.10. The molecule has 0 saturated heterocycles. The smallest absolute Gasteiger partial charge is 0.180 e. The summed E-state index contributed by atoms with van der Waals surface area (Å²) < 4.78 is 6.33. The molecule has 2 heterocycles. The van der Waals surface area contributed by atoms with Crippen LogP contribution in [-0.4, -0.2) is 21.5 Å². The zero-order chi connectivity index (χ0) is 37.0. The van der Waals surface area contributed by atoms with Crippen molar-refractivity contribution in [2.45, 2.75) is 0 Å². The third-order valence-electron chi connectivity index (χ3n) is 9.59. The van der Waals surface area contributed by atoms with Crippen molar-refractivity contribution in [2.75, 3.05) is 0 Å². The van der Waals surface area contributed by atoms with Crippen LogP contribution in [-0.2, 0) is 0 Å². The number of rotatable bonds is 8. The number of benzene rings is 7. The second-order valence-corrected chi connectivity index (χ2v) is 13.2. The van der Waals surface area contributed by atoms with Gasteiger partial charge in [-0.1, -0.05) is 164 Å². The zero-order valence-corrected chi connectivity index (χ0v) is 29.8. The number of para-hydroxylation sites is 1. The number of nitrogens with one attached hydrogen (secondary N) is 1. The Bertz CT molecular complexity index is 2870. The van der Waals surface area contributed by atoms with Crippen molar-refractivity contribution >= 4 is 39.7 Å². The van der Waals surface area contributed by atoms with Crippen LogP contribution in [0, 0.1) is 5.41 Å². The third kappa shape index (κ3) is 7.02. The van der Waals surface area contributed by atoms with Gasteiger partial charge < -0.3 is 4.42 Å². The number of furan rings is 1. The molecule has 1 N–H and O–H groups in total. The summed E-state index contributed by atoms with van der Waals surface area (Å²) in [4.78, 5) is 15.0. The molecule has 55 heavy (non-hydrogen) atoms. The van der Waals surface area contributed by atoms with Gasteiger partial charge in [0.2, 0.25) is 0 Å². The Kier molecular flexibility index (Phi) is 9.01. The van der Waals surface area contributed by atoms with Crippen molar-refractivity contribution in [3.05, 3.63) is 211 Å². The standard InChI is InChI=1S/C50H34N4O/c51-49(36-19-8-3-9-20-36)52-44(30-29-34-15-4-1-5-16-34)41-25-13-23-39(32-41)37-21-12-22-38(31-37)40-24-14-26-42(33-40)50-53-46(35-17-6-2-7-18-35)48-47(54-50)43-27-10-11-28-45(43)55-48/h1-33,51H/b30-29+,51-49?,52-44+. The first-order valence-corrected chi connectivity index (χ1v) is 18.2. The van der Waals surface area contributed by atoms with Crippen molar-refractivity contribution in [3.8, 4) is 44.9 Å². The number of amidine groups is 1. The van der Waals surface area contributed by atoms with E-state index >= 15 is 0 Å². The topological polar surface area (TPSA) is 75.1 Å². The Morgan fingerprint density at radius 2 is 1.05 bits per heavy atom. The van der Waals surface area contributed by atoms with Gasteiger partial charge in [-0.05, 0) is 64.2 Å². The van der Waals surface area contributed by atoms with E-state index in [9.17, 15) is 0 Å². The van der Waals surface area contributed by atoms with Gasteiger partial charge in [-0.3, -0.25) is 5.41 Å². The lowest BCUT2D eigenvalue weighted by atomic mass is 9.96. The van der Waals surface area contributed by atoms with E-state index in [1.54, 1.807) is 0 Å². The molecule has 0 aliphatic rings. The highest BCUT2D eigenvalue weighted by atomic mass is 16.3. The van der Waals surface area contributed by atoms with Crippen LogP contribution in [0.2, 0.25) is 0 Å². The van der Waals surface area contributed by atoms with E-state index in [1.807, 2.05) is 115 Å². The van der Waals surface area contributed by atoms with Gasteiger partial charge in [0.15, 0.2) is 17.2 Å². The van der Waals surface area contributed by atoms with E-state index in [0.29, 0.717) is 17.1 Å². The average Bonchev–Trinajstić information content (AvgIpc) is 3.64. The molecule has 0 fully saturated rings. The molecule has 0 radical (unpaired) electrons. The monoisotopic (exact) mass is 706 g/mol. The molecule has 0 aliphatic carbocycles. The number of fused-ring (bicyclic) bond motifs is 3. The average molecular weight is 707 g/mol. The summed E-state index contributed by atoms with van der Waals surface area (Å²) in [5.74, 6) is 0.848. The highest BCUT2D eigenvalue weighted by Gasteiger charge is 2.18. The fraction of sp³-hybridized carbons (Fsp3) is 0. The zero-order valence-electron chi connectivity index (χ0n) is 29.8.